The van der Waals surface area contributed by atoms with Crippen LogP contribution in [-0.4, -0.2) is 45.0 Å². The number of aromatic hydroxyl groups is 4. The molecule has 0 bridgehead atoms. The second-order valence-electron chi connectivity index (χ2n) is 10.8. The highest BCUT2D eigenvalue weighted by molar-refractivity contribution is 9.11. The first-order valence-corrected chi connectivity index (χ1v) is 17.4. The Bertz CT molecular complexity index is 1980. The first kappa shape index (κ1) is 32.5. The average Bonchev–Trinajstić information content (AvgIpc) is 3.56. The van der Waals surface area contributed by atoms with Crippen LogP contribution >= 0.6 is 63.7 Å². The molecule has 0 spiro atoms. The molecule has 2 atom stereocenters. The molecule has 0 saturated heterocycles. The van der Waals surface area contributed by atoms with Gasteiger partial charge in [-0.3, -0.25) is 13.6 Å². The number of hydrogen-bond donors (Lipinski definition) is 4. The van der Waals surface area contributed by atoms with Crippen molar-refractivity contribution in [1.82, 2.24) is 18.8 Å². The number of pyridine rings is 2. The van der Waals surface area contributed by atoms with Gasteiger partial charge in [0.2, 0.25) is 0 Å². The number of ketones is 1. The number of nitrogens with zero attached hydrogens (tertiary/aromatic N) is 4. The molecule has 2 unspecified atom stereocenters. The molecule has 13 heteroatoms. The summed E-state index contributed by atoms with van der Waals surface area (Å²) in [6, 6.07) is 13.3. The first-order valence-electron chi connectivity index (χ1n) is 14.2. The van der Waals surface area contributed by atoms with Crippen molar-refractivity contribution in [3.05, 3.63) is 113 Å². The topological polar surface area (TPSA) is 133 Å². The van der Waals surface area contributed by atoms with Crippen LogP contribution in [0.3, 0.4) is 0 Å². The van der Waals surface area contributed by atoms with Crippen LogP contribution in [-0.2, 0) is 17.6 Å². The minimum absolute atomic E-state index is 0.00143. The molecular formula is C33H26Br4N4O5. The maximum atomic E-state index is 15.7. The number of carbonyl (C=O) groups excluding carboxylic acids is 1. The molecule has 236 valence electrons. The van der Waals surface area contributed by atoms with Gasteiger partial charge in [0.25, 0.3) is 0 Å². The van der Waals surface area contributed by atoms with E-state index >= 15 is 4.79 Å². The van der Waals surface area contributed by atoms with Gasteiger partial charge in [-0.25, -0.2) is 9.97 Å². The maximum absolute atomic E-state index is 15.7. The monoisotopic (exact) mass is 874 g/mol. The largest absolute Gasteiger partial charge is 0.506 e. The molecule has 0 aliphatic carbocycles. The van der Waals surface area contributed by atoms with Gasteiger partial charge in [-0.05, 0) is 136 Å². The molecule has 46 heavy (non-hydrogen) atoms. The highest BCUT2D eigenvalue weighted by atomic mass is 79.9. The fourth-order valence-corrected chi connectivity index (χ4v) is 8.36. The lowest BCUT2D eigenvalue weighted by Gasteiger charge is -2.26. The van der Waals surface area contributed by atoms with Crippen molar-refractivity contribution in [3.63, 3.8) is 0 Å². The number of Topliss-reactive ketones (excluding diaryl/α,β-unsaturated/α-hetero) is 1. The summed E-state index contributed by atoms with van der Waals surface area (Å²) in [4.78, 5) is 25.3. The zero-order valence-corrected chi connectivity index (χ0v) is 30.7. The fourth-order valence-electron chi connectivity index (χ4n) is 5.92. The molecule has 0 fully saturated rings. The van der Waals surface area contributed by atoms with Crippen LogP contribution in [0.4, 0.5) is 0 Å². The second-order valence-corrected chi connectivity index (χ2v) is 14.2. The molecule has 2 aromatic carbocycles. The van der Waals surface area contributed by atoms with Gasteiger partial charge in [0.05, 0.1) is 64.9 Å². The summed E-state index contributed by atoms with van der Waals surface area (Å²) in [5, 5.41) is 42.3. The Kier molecular flexibility index (Phi) is 8.96. The number of phenolic OH excluding ortho intramolecular Hbond substituents is 2. The number of fused-ring (bicyclic) bond motifs is 2. The van der Waals surface area contributed by atoms with Gasteiger partial charge in [0.1, 0.15) is 34.3 Å². The van der Waals surface area contributed by atoms with Gasteiger partial charge in [-0.2, -0.15) is 0 Å². The van der Waals surface area contributed by atoms with E-state index in [0.717, 1.165) is 0 Å². The molecule has 6 aromatic rings. The quantitative estimate of drug-likeness (QED) is 0.121. The molecule has 0 aliphatic heterocycles. The molecular weight excluding hydrogens is 852 g/mol. The van der Waals surface area contributed by atoms with E-state index in [1.165, 1.54) is 12.4 Å². The molecule has 0 saturated carbocycles. The molecule has 4 heterocycles. The first-order chi connectivity index (χ1) is 21.9. The van der Waals surface area contributed by atoms with E-state index in [9.17, 15) is 20.4 Å². The standard InChI is InChI=1S/C33H26Br4N4O5/c1-3-23-29(40-13-17(42)5-7-25(40)38-23)27(15-9-19(34)31(44)20(35)10-15)33(46)28(16-11-21(36)32(45)22(37)12-16)30-24(4-2)39-26-8-6-18(43)14-41(26)30/h5-14,27-28,42-45H,3-4H2,1-2H3. The van der Waals surface area contributed by atoms with Gasteiger partial charge in [0, 0.05) is 0 Å². The van der Waals surface area contributed by atoms with Crippen molar-refractivity contribution in [1.29, 1.82) is 0 Å². The summed E-state index contributed by atoms with van der Waals surface area (Å²) >= 11 is 13.8. The fraction of sp³-hybridized carbons (Fsp3) is 0.182. The number of phenols is 2. The van der Waals surface area contributed by atoms with Crippen LogP contribution in [0.1, 0.15) is 59.6 Å². The number of carbonyl (C=O) groups is 1. The predicted molar refractivity (Wildman–Crippen MR) is 188 cm³/mol. The van der Waals surface area contributed by atoms with Gasteiger partial charge in [0.15, 0.2) is 5.78 Å². The third-order valence-corrected chi connectivity index (χ3v) is 10.4. The van der Waals surface area contributed by atoms with E-state index in [0.29, 0.717) is 75.9 Å². The van der Waals surface area contributed by atoms with Gasteiger partial charge >= 0.3 is 0 Å². The number of benzene rings is 2. The summed E-state index contributed by atoms with van der Waals surface area (Å²) in [6.07, 6.45) is 4.06. The number of rotatable bonds is 8. The normalized spacial score (nSPS) is 13.0. The SMILES string of the molecule is CCc1nc2ccc(O)cn2c1C(C(=O)C(c1cc(Br)c(O)c(Br)c1)c1c(CC)nc2ccc(O)cn12)c1cc(Br)c(O)c(Br)c1. The summed E-state index contributed by atoms with van der Waals surface area (Å²) in [5.41, 5.74) is 4.64. The average molecular weight is 878 g/mol. The van der Waals surface area contributed by atoms with Crippen molar-refractivity contribution < 1.29 is 25.2 Å². The molecule has 9 nitrogen and oxygen atoms in total. The predicted octanol–water partition coefficient (Wildman–Crippen LogP) is 8.51. The Morgan fingerprint density at radius 1 is 0.652 bits per heavy atom. The van der Waals surface area contributed by atoms with E-state index in [-0.39, 0.29) is 28.8 Å². The molecule has 4 N–H and O–H groups in total. The minimum atomic E-state index is -0.983. The van der Waals surface area contributed by atoms with Crippen molar-refractivity contribution in [2.75, 3.05) is 0 Å². The van der Waals surface area contributed by atoms with Gasteiger partial charge in [-0.1, -0.05) is 13.8 Å². The Hall–Kier alpha value is -3.39. The number of aromatic nitrogens is 4. The summed E-state index contributed by atoms with van der Waals surface area (Å²) in [6.45, 7) is 3.90. The zero-order valence-electron chi connectivity index (χ0n) is 24.3. The van der Waals surface area contributed by atoms with Crippen LogP contribution < -0.4 is 0 Å². The van der Waals surface area contributed by atoms with Crippen LogP contribution in [0.5, 0.6) is 23.0 Å². The third-order valence-electron chi connectivity index (χ3n) is 7.96. The highest BCUT2D eigenvalue weighted by Gasteiger charge is 2.39. The van der Waals surface area contributed by atoms with Crippen LogP contribution in [0.25, 0.3) is 11.3 Å². The van der Waals surface area contributed by atoms with Crippen molar-refractivity contribution in [2.24, 2.45) is 0 Å². The molecule has 0 aliphatic rings. The summed E-state index contributed by atoms with van der Waals surface area (Å²) in [7, 11) is 0. The van der Waals surface area contributed by atoms with E-state index < -0.39 is 11.8 Å². The smallest absolute Gasteiger partial charge is 0.159 e. The van der Waals surface area contributed by atoms with E-state index in [2.05, 4.69) is 63.7 Å². The zero-order chi connectivity index (χ0) is 33.0. The van der Waals surface area contributed by atoms with E-state index in [1.807, 2.05) is 13.8 Å². The maximum Gasteiger partial charge on any atom is 0.159 e. The lowest BCUT2D eigenvalue weighted by atomic mass is 9.79. The van der Waals surface area contributed by atoms with E-state index in [4.69, 9.17) is 9.97 Å². The summed E-state index contributed by atoms with van der Waals surface area (Å²) in [5.74, 6) is -2.27. The molecule has 0 amide bonds. The van der Waals surface area contributed by atoms with E-state index in [1.54, 1.807) is 57.3 Å². The van der Waals surface area contributed by atoms with Crippen LogP contribution in [0.2, 0.25) is 0 Å². The molecule has 0 radical (unpaired) electrons. The Labute approximate surface area is 297 Å². The van der Waals surface area contributed by atoms with Crippen molar-refractivity contribution >= 4 is 80.8 Å². The molecule has 4 aromatic heterocycles. The number of aryl methyl sites for hydroxylation is 2. The Morgan fingerprint density at radius 3 is 1.33 bits per heavy atom. The second kappa shape index (κ2) is 12.7. The number of imidazole rings is 2. The van der Waals surface area contributed by atoms with Crippen molar-refractivity contribution in [3.8, 4) is 23.0 Å². The van der Waals surface area contributed by atoms with Crippen molar-refractivity contribution in [2.45, 2.75) is 38.5 Å². The summed E-state index contributed by atoms with van der Waals surface area (Å²) < 4.78 is 4.98. The Balaban J connectivity index is 1.73. The van der Waals surface area contributed by atoms with Crippen LogP contribution in [0.15, 0.2) is 78.8 Å². The van der Waals surface area contributed by atoms with Gasteiger partial charge < -0.3 is 20.4 Å². The minimum Gasteiger partial charge on any atom is -0.506 e. The Morgan fingerprint density at radius 2 is 1.00 bits per heavy atom. The highest BCUT2D eigenvalue weighted by Crippen LogP contribution is 2.45. The van der Waals surface area contributed by atoms with Gasteiger partial charge in [-0.15, -0.1) is 0 Å². The number of hydrogen-bond acceptors (Lipinski definition) is 7. The molecule has 6 rings (SSSR count). The number of halogens is 4. The third kappa shape index (κ3) is 5.61. The lowest BCUT2D eigenvalue weighted by molar-refractivity contribution is -0.120. The lowest BCUT2D eigenvalue weighted by Crippen LogP contribution is -2.26. The van der Waals surface area contributed by atoms with Crippen LogP contribution in [0, 0.1) is 0 Å².